The number of fused-ring (bicyclic) bond motifs is 3. The molecule has 0 radical (unpaired) electrons. The van der Waals surface area contributed by atoms with Crippen LogP contribution in [0, 0.1) is 6.92 Å². The fraction of sp³-hybridized carbons (Fsp3) is 0.577. The summed E-state index contributed by atoms with van der Waals surface area (Å²) in [6, 6.07) is 8.48. The first kappa shape index (κ1) is 25.8. The highest BCUT2D eigenvalue weighted by atomic mass is 16.8. The SMILES string of the molecule is Cc1cn([C@@H]2OC3COC(C)(C)O[C@H]3[C@@H]3OC(C)(C)OC3[C@@]2(C)OC(=O)c2ccccc2)c(=O)[nH]c1=O. The van der Waals surface area contributed by atoms with E-state index in [0.29, 0.717) is 5.56 Å². The van der Waals surface area contributed by atoms with Crippen molar-refractivity contribution in [1.29, 1.82) is 0 Å². The van der Waals surface area contributed by atoms with Crippen molar-refractivity contribution in [2.45, 2.75) is 89.4 Å². The van der Waals surface area contributed by atoms with Gasteiger partial charge in [0.25, 0.3) is 5.56 Å². The van der Waals surface area contributed by atoms with Crippen LogP contribution in [-0.2, 0) is 28.4 Å². The van der Waals surface area contributed by atoms with Crippen LogP contribution in [0.1, 0.15) is 56.8 Å². The number of hydrogen-bond acceptors (Lipinski definition) is 9. The first-order valence-corrected chi connectivity index (χ1v) is 12.2. The van der Waals surface area contributed by atoms with E-state index in [4.69, 9.17) is 28.4 Å². The van der Waals surface area contributed by atoms with E-state index < -0.39 is 65.0 Å². The summed E-state index contributed by atoms with van der Waals surface area (Å²) >= 11 is 0. The van der Waals surface area contributed by atoms with Gasteiger partial charge >= 0.3 is 11.7 Å². The number of nitrogens with one attached hydrogen (secondary N) is 1. The Bertz CT molecular complexity index is 1300. The van der Waals surface area contributed by atoms with Crippen molar-refractivity contribution in [2.75, 3.05) is 6.61 Å². The second-order valence-electron chi connectivity index (χ2n) is 10.8. The van der Waals surface area contributed by atoms with Crippen LogP contribution >= 0.6 is 0 Å². The first-order chi connectivity index (χ1) is 17.3. The van der Waals surface area contributed by atoms with Gasteiger partial charge in [0, 0.05) is 11.8 Å². The number of nitrogens with zero attached hydrogens (tertiary/aromatic N) is 1. The zero-order chi connectivity index (χ0) is 26.8. The van der Waals surface area contributed by atoms with Crippen molar-refractivity contribution in [3.8, 4) is 0 Å². The smallest absolute Gasteiger partial charge is 0.338 e. The minimum atomic E-state index is -1.61. The molecule has 1 aromatic heterocycles. The summed E-state index contributed by atoms with van der Waals surface area (Å²) in [7, 11) is 0. The number of benzene rings is 1. The van der Waals surface area contributed by atoms with Crippen molar-refractivity contribution in [3.63, 3.8) is 0 Å². The van der Waals surface area contributed by atoms with E-state index in [1.165, 1.54) is 10.8 Å². The van der Waals surface area contributed by atoms with E-state index in [2.05, 4.69) is 4.98 Å². The summed E-state index contributed by atoms with van der Waals surface area (Å²) in [5, 5.41) is 0. The van der Waals surface area contributed by atoms with Crippen molar-refractivity contribution < 1.29 is 33.2 Å². The number of aryl methyl sites for hydroxylation is 1. The number of carbonyl (C=O) groups excluding carboxylic acids is 1. The summed E-state index contributed by atoms with van der Waals surface area (Å²) in [6.45, 7) is 10.4. The fourth-order valence-electron chi connectivity index (χ4n) is 5.17. The number of ether oxygens (including phenoxy) is 6. The number of aromatic amines is 1. The number of aromatic nitrogens is 2. The molecule has 3 saturated heterocycles. The zero-order valence-electron chi connectivity index (χ0n) is 21.7. The lowest BCUT2D eigenvalue weighted by Crippen LogP contribution is -2.58. The summed E-state index contributed by atoms with van der Waals surface area (Å²) in [5.41, 5.74) is -2.27. The van der Waals surface area contributed by atoms with Crippen molar-refractivity contribution in [2.24, 2.45) is 0 Å². The van der Waals surface area contributed by atoms with Gasteiger partial charge in [0.2, 0.25) is 0 Å². The van der Waals surface area contributed by atoms with Gasteiger partial charge in [0.15, 0.2) is 23.4 Å². The summed E-state index contributed by atoms with van der Waals surface area (Å²) < 4.78 is 38.7. The summed E-state index contributed by atoms with van der Waals surface area (Å²) in [5.74, 6) is -2.63. The highest BCUT2D eigenvalue weighted by Crippen LogP contribution is 2.48. The van der Waals surface area contributed by atoms with Crippen molar-refractivity contribution in [3.05, 3.63) is 68.5 Å². The summed E-state index contributed by atoms with van der Waals surface area (Å²) in [4.78, 5) is 40.9. The molecule has 6 atom stereocenters. The van der Waals surface area contributed by atoms with Crippen molar-refractivity contribution in [1.82, 2.24) is 9.55 Å². The molecule has 1 N–H and O–H groups in total. The van der Waals surface area contributed by atoms with Crippen LogP contribution in [0.15, 0.2) is 46.1 Å². The molecule has 3 fully saturated rings. The monoisotopic (exact) mass is 516 g/mol. The maximum atomic E-state index is 13.4. The van der Waals surface area contributed by atoms with Crippen LogP contribution in [0.3, 0.4) is 0 Å². The van der Waals surface area contributed by atoms with E-state index in [1.54, 1.807) is 71.9 Å². The lowest BCUT2D eigenvalue weighted by Gasteiger charge is -2.42. The molecule has 11 heteroatoms. The highest BCUT2D eigenvalue weighted by Gasteiger charge is 2.65. The van der Waals surface area contributed by atoms with Crippen molar-refractivity contribution >= 4 is 5.97 Å². The minimum absolute atomic E-state index is 0.126. The molecule has 0 spiro atoms. The quantitative estimate of drug-likeness (QED) is 0.610. The predicted molar refractivity (Wildman–Crippen MR) is 129 cm³/mol. The molecule has 2 aromatic rings. The maximum Gasteiger partial charge on any atom is 0.338 e. The molecule has 0 aliphatic carbocycles. The lowest BCUT2D eigenvalue weighted by molar-refractivity contribution is -0.334. The third-order valence-corrected chi connectivity index (χ3v) is 6.91. The number of hydrogen-bond donors (Lipinski definition) is 1. The lowest BCUT2D eigenvalue weighted by atomic mass is 9.89. The molecule has 37 heavy (non-hydrogen) atoms. The van der Waals surface area contributed by atoms with E-state index in [0.717, 1.165) is 0 Å². The molecule has 11 nitrogen and oxygen atoms in total. The number of esters is 1. The Kier molecular flexibility index (Phi) is 6.19. The standard InChI is InChI=1S/C26H32N2O9/c1-14-12-28(23(31)27-20(14)29)22-26(6,37-21(30)15-10-8-7-9-11-15)19-18(35-25(4,5)36-19)17-16(33-22)13-32-24(2,3)34-17/h7-12,16-19,22H,13H2,1-6H3,(H,27,29,31)/t16?,17-,18+,19?,22-,26-/m1/s1. The molecule has 3 aliphatic heterocycles. The molecule has 1 aromatic carbocycles. The zero-order valence-corrected chi connectivity index (χ0v) is 21.7. The van der Waals surface area contributed by atoms with Crippen LogP contribution in [0.25, 0.3) is 0 Å². The molecule has 0 saturated carbocycles. The van der Waals surface area contributed by atoms with Crippen LogP contribution < -0.4 is 11.2 Å². The van der Waals surface area contributed by atoms with E-state index in [-0.39, 0.29) is 12.2 Å². The Hall–Kier alpha value is -2.83. The molecule has 200 valence electrons. The number of carbonyl (C=O) groups is 1. The van der Waals surface area contributed by atoms with Crippen LogP contribution in [-0.4, -0.2) is 63.7 Å². The normalized spacial score (nSPS) is 34.2. The third kappa shape index (κ3) is 4.66. The van der Waals surface area contributed by atoms with Gasteiger partial charge < -0.3 is 28.4 Å². The fourth-order valence-corrected chi connectivity index (χ4v) is 5.17. The minimum Gasteiger partial charge on any atom is -0.448 e. The summed E-state index contributed by atoms with van der Waals surface area (Å²) in [6.07, 6.45) is -2.87. The largest absolute Gasteiger partial charge is 0.448 e. The molecule has 5 rings (SSSR count). The third-order valence-electron chi connectivity index (χ3n) is 6.91. The average Bonchev–Trinajstić information content (AvgIpc) is 3.13. The van der Waals surface area contributed by atoms with Gasteiger partial charge in [0.05, 0.1) is 12.2 Å². The van der Waals surface area contributed by atoms with E-state index in [9.17, 15) is 14.4 Å². The second kappa shape index (κ2) is 8.88. The molecule has 0 bridgehead atoms. The Morgan fingerprint density at radius 1 is 1.00 bits per heavy atom. The average molecular weight is 517 g/mol. The Labute approximate surface area is 213 Å². The van der Waals surface area contributed by atoms with Crippen LogP contribution in [0.5, 0.6) is 0 Å². The molecule has 4 heterocycles. The van der Waals surface area contributed by atoms with Crippen LogP contribution in [0.4, 0.5) is 0 Å². The molecule has 0 amide bonds. The van der Waals surface area contributed by atoms with Gasteiger partial charge in [-0.15, -0.1) is 0 Å². The Morgan fingerprint density at radius 2 is 1.68 bits per heavy atom. The Balaban J connectivity index is 1.68. The van der Waals surface area contributed by atoms with E-state index in [1.807, 2.05) is 0 Å². The van der Waals surface area contributed by atoms with E-state index >= 15 is 0 Å². The van der Waals surface area contributed by atoms with Gasteiger partial charge in [-0.3, -0.25) is 14.3 Å². The number of rotatable bonds is 3. The molecule has 2 unspecified atom stereocenters. The topological polar surface area (TPSA) is 127 Å². The van der Waals surface area contributed by atoms with Crippen LogP contribution in [0.2, 0.25) is 0 Å². The maximum absolute atomic E-state index is 13.4. The highest BCUT2D eigenvalue weighted by molar-refractivity contribution is 5.89. The second-order valence-corrected chi connectivity index (χ2v) is 10.8. The van der Waals surface area contributed by atoms with Gasteiger partial charge in [-0.05, 0) is 53.7 Å². The predicted octanol–water partition coefficient (Wildman–Crippen LogP) is 2.03. The molecular weight excluding hydrogens is 484 g/mol. The van der Waals surface area contributed by atoms with Gasteiger partial charge in [0.1, 0.15) is 24.4 Å². The molecular formula is C26H32N2O9. The molecule has 3 aliphatic rings. The first-order valence-electron chi connectivity index (χ1n) is 12.2. The van der Waals surface area contributed by atoms with Gasteiger partial charge in [-0.25, -0.2) is 9.59 Å². The Morgan fingerprint density at radius 3 is 2.38 bits per heavy atom. The van der Waals surface area contributed by atoms with Gasteiger partial charge in [-0.2, -0.15) is 0 Å². The number of H-pyrrole nitrogens is 1. The van der Waals surface area contributed by atoms with Gasteiger partial charge in [-0.1, -0.05) is 18.2 Å².